The molecule has 2 aliphatic heterocycles. The number of aromatic nitrogens is 2. The zero-order valence-corrected chi connectivity index (χ0v) is 17.6. The Labute approximate surface area is 177 Å². The Morgan fingerprint density at radius 2 is 2.07 bits per heavy atom. The molecule has 3 heterocycles. The number of hydrogen-bond donors (Lipinski definition) is 2. The van der Waals surface area contributed by atoms with Gasteiger partial charge in [-0.1, -0.05) is 6.07 Å². The lowest BCUT2D eigenvalue weighted by molar-refractivity contribution is 0.0530. The molecule has 4 rings (SSSR count). The fourth-order valence-corrected chi connectivity index (χ4v) is 3.98. The molecule has 2 aliphatic rings. The molecule has 8 heteroatoms. The summed E-state index contributed by atoms with van der Waals surface area (Å²) in [5.74, 6) is 2.49. The number of hydrogen-bond acceptors (Lipinski definition) is 5. The van der Waals surface area contributed by atoms with Crippen molar-refractivity contribution in [3.8, 4) is 11.5 Å². The third-order valence-corrected chi connectivity index (χ3v) is 5.73. The van der Waals surface area contributed by atoms with Crippen LogP contribution in [0.2, 0.25) is 0 Å². The van der Waals surface area contributed by atoms with Crippen LogP contribution in [0.5, 0.6) is 11.5 Å². The smallest absolute Gasteiger partial charge is 0.231 e. The van der Waals surface area contributed by atoms with Crippen LogP contribution in [-0.2, 0) is 16.7 Å². The second-order valence-electron chi connectivity index (χ2n) is 7.71. The monoisotopic (exact) mass is 413 g/mol. The van der Waals surface area contributed by atoms with Crippen LogP contribution >= 0.6 is 0 Å². The number of fused-ring (bicyclic) bond motifs is 1. The van der Waals surface area contributed by atoms with Gasteiger partial charge in [-0.05, 0) is 49.9 Å². The normalized spacial score (nSPS) is 17.7. The van der Waals surface area contributed by atoms with E-state index in [4.69, 9.17) is 19.2 Å². The summed E-state index contributed by atoms with van der Waals surface area (Å²) in [5, 5.41) is 11.1. The molecule has 1 fully saturated rings. The summed E-state index contributed by atoms with van der Waals surface area (Å²) in [6, 6.07) is 8.23. The predicted molar refractivity (Wildman–Crippen MR) is 115 cm³/mol. The molecule has 162 valence electrons. The first-order valence-corrected chi connectivity index (χ1v) is 10.8. The van der Waals surface area contributed by atoms with Gasteiger partial charge in [0.05, 0.1) is 6.54 Å². The summed E-state index contributed by atoms with van der Waals surface area (Å²) in [7, 11) is 0. The van der Waals surface area contributed by atoms with E-state index in [-0.39, 0.29) is 5.41 Å². The minimum atomic E-state index is -0.0589. The minimum Gasteiger partial charge on any atom is -0.454 e. The average Bonchev–Trinajstić information content (AvgIpc) is 3.47. The fraction of sp³-hybridized carbons (Fsp3) is 0.545. The number of ether oxygens (including phenoxy) is 3. The maximum Gasteiger partial charge on any atom is 0.231 e. The highest BCUT2D eigenvalue weighted by Crippen LogP contribution is 2.41. The van der Waals surface area contributed by atoms with Gasteiger partial charge in [-0.2, -0.15) is 5.10 Å². The van der Waals surface area contributed by atoms with E-state index < -0.39 is 0 Å². The van der Waals surface area contributed by atoms with Crippen molar-refractivity contribution in [2.24, 2.45) is 4.99 Å². The van der Waals surface area contributed by atoms with Crippen LogP contribution in [0.4, 0.5) is 0 Å². The van der Waals surface area contributed by atoms with Crippen LogP contribution in [0.3, 0.4) is 0 Å². The van der Waals surface area contributed by atoms with Gasteiger partial charge in [0, 0.05) is 50.7 Å². The Balaban J connectivity index is 1.43. The van der Waals surface area contributed by atoms with Crippen LogP contribution in [-0.4, -0.2) is 55.4 Å². The molecule has 30 heavy (non-hydrogen) atoms. The largest absolute Gasteiger partial charge is 0.454 e. The van der Waals surface area contributed by atoms with E-state index in [2.05, 4.69) is 34.8 Å². The fourth-order valence-electron chi connectivity index (χ4n) is 3.98. The molecule has 0 amide bonds. The first-order valence-electron chi connectivity index (χ1n) is 10.8. The molecule has 1 aromatic carbocycles. The summed E-state index contributed by atoms with van der Waals surface area (Å²) >= 11 is 0. The molecule has 0 aliphatic carbocycles. The number of nitrogens with one attached hydrogen (secondary N) is 2. The van der Waals surface area contributed by atoms with Gasteiger partial charge >= 0.3 is 0 Å². The minimum absolute atomic E-state index is 0.0589. The Morgan fingerprint density at radius 1 is 1.20 bits per heavy atom. The number of aryl methyl sites for hydroxylation is 1. The molecule has 0 unspecified atom stereocenters. The lowest BCUT2D eigenvalue weighted by atomic mass is 9.74. The van der Waals surface area contributed by atoms with Gasteiger partial charge in [0.1, 0.15) is 0 Å². The zero-order valence-electron chi connectivity index (χ0n) is 17.6. The first-order chi connectivity index (χ1) is 14.8. The number of nitrogens with zero attached hydrogens (tertiary/aromatic N) is 3. The molecule has 8 nitrogen and oxygen atoms in total. The number of guanidine groups is 1. The molecule has 0 radical (unpaired) electrons. The molecule has 1 aromatic heterocycles. The quantitative estimate of drug-likeness (QED) is 0.393. The van der Waals surface area contributed by atoms with Gasteiger partial charge in [-0.3, -0.25) is 9.67 Å². The van der Waals surface area contributed by atoms with Crippen LogP contribution in [0.1, 0.15) is 31.7 Å². The Hall–Kier alpha value is -2.74. The zero-order chi connectivity index (χ0) is 20.7. The number of aliphatic imine (C=N–C) groups is 1. The second-order valence-corrected chi connectivity index (χ2v) is 7.71. The van der Waals surface area contributed by atoms with Gasteiger partial charge in [-0.25, -0.2) is 0 Å². The summed E-state index contributed by atoms with van der Waals surface area (Å²) in [6.07, 6.45) is 6.65. The average molecular weight is 414 g/mol. The Bertz CT molecular complexity index is 831. The van der Waals surface area contributed by atoms with Crippen molar-refractivity contribution in [2.45, 2.75) is 38.1 Å². The van der Waals surface area contributed by atoms with Crippen molar-refractivity contribution in [3.63, 3.8) is 0 Å². The van der Waals surface area contributed by atoms with Gasteiger partial charge in [0.2, 0.25) is 6.79 Å². The van der Waals surface area contributed by atoms with Crippen LogP contribution < -0.4 is 20.1 Å². The summed E-state index contributed by atoms with van der Waals surface area (Å²) in [4.78, 5) is 4.96. The lowest BCUT2D eigenvalue weighted by Gasteiger charge is -2.36. The third kappa shape index (κ3) is 4.87. The van der Waals surface area contributed by atoms with Crippen molar-refractivity contribution in [2.75, 3.05) is 39.6 Å². The van der Waals surface area contributed by atoms with Gasteiger partial charge in [0.25, 0.3) is 0 Å². The van der Waals surface area contributed by atoms with Gasteiger partial charge < -0.3 is 24.8 Å². The van der Waals surface area contributed by atoms with E-state index in [0.717, 1.165) is 69.6 Å². The summed E-state index contributed by atoms with van der Waals surface area (Å²) < 4.78 is 18.7. The third-order valence-electron chi connectivity index (χ3n) is 5.73. The molecular weight excluding hydrogens is 382 g/mol. The van der Waals surface area contributed by atoms with Crippen molar-refractivity contribution in [1.82, 2.24) is 20.4 Å². The van der Waals surface area contributed by atoms with E-state index in [1.165, 1.54) is 5.56 Å². The van der Waals surface area contributed by atoms with E-state index in [0.29, 0.717) is 13.3 Å². The summed E-state index contributed by atoms with van der Waals surface area (Å²) in [5.41, 5.74) is 1.18. The molecular formula is C22H31N5O3. The van der Waals surface area contributed by atoms with E-state index in [1.54, 1.807) is 0 Å². The molecule has 1 saturated heterocycles. The van der Waals surface area contributed by atoms with Crippen molar-refractivity contribution in [1.29, 1.82) is 0 Å². The van der Waals surface area contributed by atoms with Gasteiger partial charge in [0.15, 0.2) is 17.5 Å². The standard InChI is InChI=1S/C22H31N5O3/c1-2-23-21(24-9-3-11-27-12-4-10-26-27)25-16-22(7-13-28-14-8-22)18-5-6-19-20(15-18)30-17-29-19/h4-6,10,12,15H,2-3,7-9,11,13-14,16-17H2,1H3,(H2,23,24,25). The van der Waals surface area contributed by atoms with Crippen molar-refractivity contribution in [3.05, 3.63) is 42.2 Å². The lowest BCUT2D eigenvalue weighted by Crippen LogP contribution is -2.41. The number of rotatable bonds is 8. The predicted octanol–water partition coefficient (Wildman–Crippen LogP) is 2.31. The molecule has 0 bridgehead atoms. The highest BCUT2D eigenvalue weighted by atomic mass is 16.7. The maximum atomic E-state index is 5.66. The maximum absolute atomic E-state index is 5.66. The topological polar surface area (TPSA) is 81.9 Å². The van der Waals surface area contributed by atoms with Crippen LogP contribution in [0.15, 0.2) is 41.7 Å². The Kier molecular flexibility index (Phi) is 6.74. The first kappa shape index (κ1) is 20.5. The van der Waals surface area contributed by atoms with Crippen LogP contribution in [0, 0.1) is 0 Å². The van der Waals surface area contributed by atoms with Crippen LogP contribution in [0.25, 0.3) is 0 Å². The highest BCUT2D eigenvalue weighted by Gasteiger charge is 2.35. The van der Waals surface area contributed by atoms with E-state index in [9.17, 15) is 0 Å². The van der Waals surface area contributed by atoms with E-state index in [1.807, 2.05) is 29.2 Å². The highest BCUT2D eigenvalue weighted by molar-refractivity contribution is 5.79. The molecule has 0 saturated carbocycles. The van der Waals surface area contributed by atoms with Crippen molar-refractivity contribution >= 4 is 5.96 Å². The molecule has 2 N–H and O–H groups in total. The second kappa shape index (κ2) is 9.84. The summed E-state index contributed by atoms with van der Waals surface area (Å²) in [6.45, 7) is 7.12. The Morgan fingerprint density at radius 3 is 2.87 bits per heavy atom. The molecule has 2 aromatic rings. The van der Waals surface area contributed by atoms with Gasteiger partial charge in [-0.15, -0.1) is 0 Å². The molecule has 0 atom stereocenters. The SMILES string of the molecule is CCNC(=NCC1(c2ccc3c(c2)OCO3)CCOCC1)NCCCn1cccn1. The molecule has 0 spiro atoms. The number of benzene rings is 1. The van der Waals surface area contributed by atoms with E-state index >= 15 is 0 Å². The van der Waals surface area contributed by atoms with Crippen molar-refractivity contribution < 1.29 is 14.2 Å².